The fourth-order valence-electron chi connectivity index (χ4n) is 1.43. The Morgan fingerprint density at radius 2 is 1.62 bits per heavy atom. The van der Waals surface area contributed by atoms with Gasteiger partial charge in [-0.05, 0) is 5.56 Å². The monoisotopic (exact) mass is 311 g/mol. The van der Waals surface area contributed by atoms with Crippen LogP contribution < -0.4 is 5.32 Å². The van der Waals surface area contributed by atoms with Crippen LogP contribution in [0.3, 0.4) is 0 Å². The van der Waals surface area contributed by atoms with Crippen molar-refractivity contribution in [3.05, 3.63) is 35.9 Å². The molecular weight excluding hydrogens is 301 g/mol. The molecule has 0 spiro atoms. The normalized spacial score (nSPS) is 13.6. The third-order valence-electron chi connectivity index (χ3n) is 2.53. The highest BCUT2D eigenvalue weighted by Gasteiger charge is 2.63. The van der Waals surface area contributed by atoms with Crippen molar-refractivity contribution in [1.82, 2.24) is 5.32 Å². The van der Waals surface area contributed by atoms with Gasteiger partial charge in [0.25, 0.3) is 0 Å². The van der Waals surface area contributed by atoms with Crippen LogP contribution in [0, 0.1) is 0 Å². The summed E-state index contributed by atoms with van der Waals surface area (Å²) < 4.78 is 61.5. The molecule has 21 heavy (non-hydrogen) atoms. The van der Waals surface area contributed by atoms with Gasteiger partial charge < -0.3 is 10.4 Å². The van der Waals surface area contributed by atoms with E-state index in [1.165, 1.54) is 29.6 Å². The molecule has 9 heteroatoms. The van der Waals surface area contributed by atoms with E-state index < -0.39 is 36.4 Å². The van der Waals surface area contributed by atoms with Gasteiger partial charge in [-0.1, -0.05) is 30.3 Å². The number of hydrogen-bond acceptors (Lipinski definition) is 2. The van der Waals surface area contributed by atoms with Crippen LogP contribution >= 0.6 is 0 Å². The zero-order valence-electron chi connectivity index (χ0n) is 10.3. The molecule has 0 saturated heterocycles. The smallest absolute Gasteiger partial charge is 0.463 e. The van der Waals surface area contributed by atoms with Crippen LogP contribution in [0.15, 0.2) is 30.3 Å². The number of rotatable bonds is 5. The molecule has 1 atom stereocenters. The molecule has 116 valence electrons. The molecule has 2 N–H and O–H groups in total. The number of carbonyl (C=O) groups excluding carboxylic acids is 1. The van der Waals surface area contributed by atoms with Gasteiger partial charge in [0, 0.05) is 6.42 Å². The minimum Gasteiger partial charge on any atom is -0.480 e. The Hall–Kier alpha value is -2.19. The average molecular weight is 311 g/mol. The Morgan fingerprint density at radius 3 is 2.05 bits per heavy atom. The summed E-state index contributed by atoms with van der Waals surface area (Å²) in [5.41, 5.74) is 0.362. The van der Waals surface area contributed by atoms with Gasteiger partial charge >= 0.3 is 24.0 Å². The van der Waals surface area contributed by atoms with Crippen LogP contribution in [0.4, 0.5) is 22.0 Å². The first-order valence-electron chi connectivity index (χ1n) is 5.58. The van der Waals surface area contributed by atoms with E-state index in [1.807, 2.05) is 0 Å². The predicted molar refractivity (Wildman–Crippen MR) is 60.7 cm³/mol. The first-order chi connectivity index (χ1) is 9.55. The minimum absolute atomic E-state index is 0.362. The molecule has 0 bridgehead atoms. The van der Waals surface area contributed by atoms with Crippen LogP contribution in [0.1, 0.15) is 5.56 Å². The number of halogens is 5. The maximum atomic E-state index is 12.8. The van der Waals surface area contributed by atoms with Crippen LogP contribution in [-0.4, -0.2) is 35.1 Å². The zero-order chi connectivity index (χ0) is 16.3. The second kappa shape index (κ2) is 6.06. The Labute approximate surface area is 115 Å². The molecule has 1 rings (SSSR count). The molecular formula is C12H10F5NO3. The molecule has 1 aromatic carbocycles. The first kappa shape index (κ1) is 16.9. The van der Waals surface area contributed by atoms with Crippen LogP contribution in [0.25, 0.3) is 0 Å². The number of aliphatic carboxylic acids is 1. The molecule has 0 aliphatic heterocycles. The van der Waals surface area contributed by atoms with Crippen molar-refractivity contribution >= 4 is 11.9 Å². The van der Waals surface area contributed by atoms with Crippen molar-refractivity contribution in [2.45, 2.75) is 24.6 Å². The van der Waals surface area contributed by atoms with Crippen molar-refractivity contribution < 1.29 is 36.6 Å². The lowest BCUT2D eigenvalue weighted by Gasteiger charge is -2.21. The summed E-state index contributed by atoms with van der Waals surface area (Å²) in [7, 11) is 0. The van der Waals surface area contributed by atoms with Crippen molar-refractivity contribution in [2.75, 3.05) is 0 Å². The fraction of sp³-hybridized carbons (Fsp3) is 0.333. The fourth-order valence-corrected chi connectivity index (χ4v) is 1.43. The third-order valence-corrected chi connectivity index (χ3v) is 2.53. The summed E-state index contributed by atoms with van der Waals surface area (Å²) in [6.45, 7) is 0. The zero-order valence-corrected chi connectivity index (χ0v) is 10.3. The summed E-state index contributed by atoms with van der Waals surface area (Å²) in [6.07, 6.45) is -6.51. The average Bonchev–Trinajstić information content (AvgIpc) is 2.37. The van der Waals surface area contributed by atoms with Crippen molar-refractivity contribution in [1.29, 1.82) is 0 Å². The molecule has 4 nitrogen and oxygen atoms in total. The maximum Gasteiger partial charge on any atom is 0.463 e. The van der Waals surface area contributed by atoms with E-state index in [-0.39, 0.29) is 0 Å². The number of nitrogens with one attached hydrogen (secondary N) is 1. The molecule has 1 aromatic rings. The second-order valence-electron chi connectivity index (χ2n) is 4.13. The van der Waals surface area contributed by atoms with E-state index >= 15 is 0 Å². The largest absolute Gasteiger partial charge is 0.480 e. The highest BCUT2D eigenvalue weighted by atomic mass is 19.4. The summed E-state index contributed by atoms with van der Waals surface area (Å²) >= 11 is 0. The third kappa shape index (κ3) is 4.14. The molecule has 0 unspecified atom stereocenters. The summed E-state index contributed by atoms with van der Waals surface area (Å²) in [5.74, 6) is -10.1. The van der Waals surface area contributed by atoms with Crippen molar-refractivity contribution in [2.24, 2.45) is 0 Å². The topological polar surface area (TPSA) is 66.4 Å². The van der Waals surface area contributed by atoms with Gasteiger partial charge in [0.15, 0.2) is 0 Å². The Bertz CT molecular complexity index is 515. The van der Waals surface area contributed by atoms with Gasteiger partial charge in [0.1, 0.15) is 6.04 Å². The standard InChI is InChI=1S/C12H10F5NO3/c13-11(14,12(15,16)17)10(21)18-8(9(19)20)6-7-4-2-1-3-5-7/h1-5,8H,6H2,(H,18,21)(H,19,20)/t8-/m0/s1. The molecule has 0 fully saturated rings. The SMILES string of the molecule is O=C(O)[C@H](Cc1ccccc1)NC(=O)C(F)(F)C(F)(F)F. The number of carboxylic acid groups (broad SMARTS) is 1. The number of benzene rings is 1. The van der Waals surface area contributed by atoms with E-state index in [4.69, 9.17) is 5.11 Å². The number of alkyl halides is 5. The summed E-state index contributed by atoms with van der Waals surface area (Å²) in [4.78, 5) is 21.8. The number of carboxylic acids is 1. The molecule has 0 heterocycles. The molecule has 1 amide bonds. The lowest BCUT2D eigenvalue weighted by Crippen LogP contribution is -2.55. The molecule has 0 aliphatic rings. The van der Waals surface area contributed by atoms with E-state index in [2.05, 4.69) is 0 Å². The first-order valence-corrected chi connectivity index (χ1v) is 5.58. The highest BCUT2D eigenvalue weighted by molar-refractivity contribution is 5.88. The van der Waals surface area contributed by atoms with Gasteiger partial charge in [-0.25, -0.2) is 4.79 Å². The quantitative estimate of drug-likeness (QED) is 0.817. The number of hydrogen-bond donors (Lipinski definition) is 2. The van der Waals surface area contributed by atoms with Crippen LogP contribution in [-0.2, 0) is 16.0 Å². The Morgan fingerprint density at radius 1 is 1.10 bits per heavy atom. The van der Waals surface area contributed by atoms with Gasteiger partial charge in [-0.2, -0.15) is 22.0 Å². The van der Waals surface area contributed by atoms with Gasteiger partial charge in [-0.15, -0.1) is 0 Å². The summed E-state index contributed by atoms with van der Waals surface area (Å²) in [6, 6.07) is 5.66. The van der Waals surface area contributed by atoms with E-state index in [0.29, 0.717) is 5.56 Å². The van der Waals surface area contributed by atoms with Gasteiger partial charge in [0.2, 0.25) is 0 Å². The van der Waals surface area contributed by atoms with Crippen molar-refractivity contribution in [3.63, 3.8) is 0 Å². The maximum absolute atomic E-state index is 12.8. The second-order valence-corrected chi connectivity index (χ2v) is 4.13. The molecule has 0 saturated carbocycles. The Balaban J connectivity index is 2.85. The van der Waals surface area contributed by atoms with E-state index in [1.54, 1.807) is 6.07 Å². The van der Waals surface area contributed by atoms with E-state index in [0.717, 1.165) is 0 Å². The molecule has 0 aliphatic carbocycles. The van der Waals surface area contributed by atoms with Crippen LogP contribution in [0.2, 0.25) is 0 Å². The number of carbonyl (C=O) groups is 2. The predicted octanol–water partition coefficient (Wildman–Crippen LogP) is 2.00. The highest BCUT2D eigenvalue weighted by Crippen LogP contribution is 2.35. The molecule has 0 radical (unpaired) electrons. The van der Waals surface area contributed by atoms with Crippen molar-refractivity contribution in [3.8, 4) is 0 Å². The van der Waals surface area contributed by atoms with Gasteiger partial charge in [0.05, 0.1) is 0 Å². The molecule has 0 aromatic heterocycles. The van der Waals surface area contributed by atoms with Gasteiger partial charge in [-0.3, -0.25) is 4.79 Å². The van der Waals surface area contributed by atoms with E-state index in [9.17, 15) is 31.5 Å². The number of amides is 1. The lowest BCUT2D eigenvalue weighted by atomic mass is 10.1. The minimum atomic E-state index is -6.09. The Kier molecular flexibility index (Phi) is 4.87. The van der Waals surface area contributed by atoms with Crippen LogP contribution in [0.5, 0.6) is 0 Å². The lowest BCUT2D eigenvalue weighted by molar-refractivity contribution is -0.270. The summed E-state index contributed by atoms with van der Waals surface area (Å²) in [5, 5.41) is 10.0.